The van der Waals surface area contributed by atoms with Crippen LogP contribution < -0.4 is 9.46 Å². The Bertz CT molecular complexity index is 361. The number of amides is 1. The summed E-state index contributed by atoms with van der Waals surface area (Å²) in [5.41, 5.74) is 0.258. The van der Waals surface area contributed by atoms with Gasteiger partial charge in [-0.1, -0.05) is 35.1 Å². The van der Waals surface area contributed by atoms with E-state index in [0.717, 1.165) is 0 Å². The summed E-state index contributed by atoms with van der Waals surface area (Å²) in [5.74, 6) is 0.200. The van der Waals surface area contributed by atoms with Crippen molar-refractivity contribution < 1.29 is 9.53 Å². The third-order valence-corrected chi connectivity index (χ3v) is 2.66. The zero-order valence-electron chi connectivity index (χ0n) is 8.14. The zero-order valence-corrected chi connectivity index (χ0v) is 10.5. The molecule has 0 radical (unpaired) electrons. The van der Waals surface area contributed by atoms with Crippen LogP contribution in [0.4, 0.5) is 0 Å². The summed E-state index contributed by atoms with van der Waals surface area (Å²) in [5, 5.41) is 0.539. The molecule has 6 heteroatoms. The largest absolute Gasteiger partial charge is 0.497 e. The number of rotatable bonds is 3. The fourth-order valence-electron chi connectivity index (χ4n) is 1.03. The smallest absolute Gasteiger partial charge is 0.264 e. The van der Waals surface area contributed by atoms with Crippen LogP contribution in [-0.4, -0.2) is 19.3 Å². The van der Waals surface area contributed by atoms with Gasteiger partial charge in [0.25, 0.3) is 5.91 Å². The number of nitrogens with one attached hydrogen (secondary N) is 1. The van der Waals surface area contributed by atoms with Crippen LogP contribution in [0.25, 0.3) is 0 Å². The van der Waals surface area contributed by atoms with Crippen LogP contribution >= 0.6 is 35.1 Å². The van der Waals surface area contributed by atoms with Crippen LogP contribution in [0, 0.1) is 0 Å². The molecule has 0 saturated carbocycles. The molecule has 0 aromatic heterocycles. The van der Waals surface area contributed by atoms with Crippen LogP contribution in [0.3, 0.4) is 0 Å². The second-order valence-electron chi connectivity index (χ2n) is 2.60. The number of methoxy groups -OCH3 is 1. The van der Waals surface area contributed by atoms with Gasteiger partial charge in [-0.05, 0) is 12.1 Å². The van der Waals surface area contributed by atoms with Crippen molar-refractivity contribution in [1.29, 1.82) is 0 Å². The first-order chi connectivity index (χ1) is 7.10. The van der Waals surface area contributed by atoms with Crippen molar-refractivity contribution in [2.45, 2.75) is 0 Å². The molecule has 0 saturated heterocycles. The highest BCUT2D eigenvalue weighted by Crippen LogP contribution is 2.30. The molecule has 0 aliphatic heterocycles. The van der Waals surface area contributed by atoms with Gasteiger partial charge in [0.2, 0.25) is 0 Å². The molecule has 0 spiro atoms. The lowest BCUT2D eigenvalue weighted by Crippen LogP contribution is -2.16. The second-order valence-corrected chi connectivity index (χ2v) is 4.03. The molecule has 0 unspecified atom stereocenters. The first-order valence-electron chi connectivity index (χ1n) is 3.96. The first kappa shape index (κ1) is 12.5. The molecule has 0 aliphatic carbocycles. The van der Waals surface area contributed by atoms with Crippen molar-refractivity contribution in [1.82, 2.24) is 4.72 Å². The molecule has 1 rings (SSSR count). The van der Waals surface area contributed by atoms with E-state index in [-0.39, 0.29) is 21.5 Å². The summed E-state index contributed by atoms with van der Waals surface area (Å²) in [6.45, 7) is 0. The van der Waals surface area contributed by atoms with Crippen LogP contribution in [0.2, 0.25) is 10.0 Å². The molecule has 1 N–H and O–H groups in total. The third kappa shape index (κ3) is 2.93. The molecule has 1 amide bonds. The van der Waals surface area contributed by atoms with Gasteiger partial charge in [0.05, 0.1) is 22.7 Å². The topological polar surface area (TPSA) is 38.3 Å². The Morgan fingerprint density at radius 3 is 2.33 bits per heavy atom. The Morgan fingerprint density at radius 2 is 1.93 bits per heavy atom. The summed E-state index contributed by atoms with van der Waals surface area (Å²) in [6.07, 6.45) is 1.74. The summed E-state index contributed by atoms with van der Waals surface area (Å²) in [4.78, 5) is 11.5. The standard InChI is InChI=1S/C9H9Cl2NO2S/c1-14-5-3-6(10)8(7(11)4-5)9(13)12-15-2/h3-4H,1-2H3,(H,12,13). The van der Waals surface area contributed by atoms with E-state index in [0.29, 0.717) is 5.75 Å². The Balaban J connectivity index is 3.13. The average molecular weight is 266 g/mol. The van der Waals surface area contributed by atoms with E-state index in [9.17, 15) is 4.79 Å². The van der Waals surface area contributed by atoms with Crippen LogP contribution in [-0.2, 0) is 0 Å². The minimum absolute atomic E-state index is 0.258. The van der Waals surface area contributed by atoms with Gasteiger partial charge in [-0.2, -0.15) is 0 Å². The lowest BCUT2D eigenvalue weighted by atomic mass is 10.2. The number of carbonyl (C=O) groups excluding carboxylic acids is 1. The molecule has 0 heterocycles. The summed E-state index contributed by atoms with van der Waals surface area (Å²) in [7, 11) is 1.50. The van der Waals surface area contributed by atoms with Crippen molar-refractivity contribution in [3.05, 3.63) is 27.7 Å². The number of benzene rings is 1. The molecular formula is C9H9Cl2NO2S. The minimum Gasteiger partial charge on any atom is -0.497 e. The van der Waals surface area contributed by atoms with Crippen molar-refractivity contribution in [2.75, 3.05) is 13.4 Å². The van der Waals surface area contributed by atoms with Crippen LogP contribution in [0.15, 0.2) is 12.1 Å². The summed E-state index contributed by atoms with van der Waals surface area (Å²) in [6, 6.07) is 3.09. The lowest BCUT2D eigenvalue weighted by molar-refractivity contribution is 0.0985. The summed E-state index contributed by atoms with van der Waals surface area (Å²) >= 11 is 13.0. The van der Waals surface area contributed by atoms with E-state index in [2.05, 4.69) is 4.72 Å². The molecule has 1 aromatic rings. The third-order valence-electron chi connectivity index (χ3n) is 1.67. The predicted octanol–water partition coefficient (Wildman–Crippen LogP) is 3.01. The Kier molecular flexibility index (Phi) is 4.57. The van der Waals surface area contributed by atoms with Crippen LogP contribution in [0.5, 0.6) is 5.75 Å². The molecule has 0 aliphatic rings. The highest BCUT2D eigenvalue weighted by atomic mass is 35.5. The van der Waals surface area contributed by atoms with Crippen molar-refractivity contribution >= 4 is 41.1 Å². The molecule has 3 nitrogen and oxygen atoms in total. The number of ether oxygens (including phenoxy) is 1. The maximum atomic E-state index is 11.5. The van der Waals surface area contributed by atoms with Crippen LogP contribution in [0.1, 0.15) is 10.4 Å². The lowest BCUT2D eigenvalue weighted by Gasteiger charge is -2.08. The first-order valence-corrected chi connectivity index (χ1v) is 5.94. The molecule has 15 heavy (non-hydrogen) atoms. The molecular weight excluding hydrogens is 257 g/mol. The van der Waals surface area contributed by atoms with Gasteiger partial charge in [-0.15, -0.1) is 0 Å². The van der Waals surface area contributed by atoms with Gasteiger partial charge in [0.15, 0.2) is 0 Å². The van der Waals surface area contributed by atoms with E-state index in [1.807, 2.05) is 0 Å². The zero-order chi connectivity index (χ0) is 11.4. The van der Waals surface area contributed by atoms with E-state index in [1.54, 1.807) is 18.4 Å². The second kappa shape index (κ2) is 5.49. The fraction of sp³-hybridized carbons (Fsp3) is 0.222. The normalized spacial score (nSPS) is 9.87. The van der Waals surface area contributed by atoms with E-state index >= 15 is 0 Å². The molecule has 0 atom stereocenters. The van der Waals surface area contributed by atoms with Gasteiger partial charge in [0.1, 0.15) is 5.75 Å². The molecule has 0 fully saturated rings. The Hall–Kier alpha value is -0.580. The van der Waals surface area contributed by atoms with Gasteiger partial charge in [-0.25, -0.2) is 0 Å². The van der Waals surface area contributed by atoms with Crippen molar-refractivity contribution in [3.8, 4) is 5.75 Å². The van der Waals surface area contributed by atoms with Gasteiger partial charge in [0, 0.05) is 6.26 Å². The number of hydrogen-bond donors (Lipinski definition) is 1. The minimum atomic E-state index is -0.319. The average Bonchev–Trinajstić information content (AvgIpc) is 2.16. The van der Waals surface area contributed by atoms with Gasteiger partial charge in [-0.3, -0.25) is 9.52 Å². The predicted molar refractivity (Wildman–Crippen MR) is 64.0 cm³/mol. The Labute approximate surface area is 102 Å². The molecule has 82 valence electrons. The Morgan fingerprint density at radius 1 is 1.40 bits per heavy atom. The monoisotopic (exact) mass is 265 g/mol. The maximum absolute atomic E-state index is 11.5. The SMILES string of the molecule is COc1cc(Cl)c(C(=O)NSC)c(Cl)c1. The highest BCUT2D eigenvalue weighted by molar-refractivity contribution is 7.97. The van der Waals surface area contributed by atoms with E-state index in [4.69, 9.17) is 27.9 Å². The fourth-order valence-corrected chi connectivity index (χ4v) is 1.95. The number of hydrogen-bond acceptors (Lipinski definition) is 3. The summed E-state index contributed by atoms with van der Waals surface area (Å²) < 4.78 is 7.51. The van der Waals surface area contributed by atoms with Gasteiger partial charge < -0.3 is 4.74 Å². The molecule has 1 aromatic carbocycles. The van der Waals surface area contributed by atoms with Gasteiger partial charge >= 0.3 is 0 Å². The molecule has 0 bridgehead atoms. The van der Waals surface area contributed by atoms with E-state index < -0.39 is 0 Å². The van der Waals surface area contributed by atoms with E-state index in [1.165, 1.54) is 19.1 Å². The maximum Gasteiger partial charge on any atom is 0.264 e. The van der Waals surface area contributed by atoms with Crippen molar-refractivity contribution in [3.63, 3.8) is 0 Å². The van der Waals surface area contributed by atoms with Crippen molar-refractivity contribution in [2.24, 2.45) is 0 Å². The number of carbonyl (C=O) groups is 1. The quantitative estimate of drug-likeness (QED) is 0.854. The highest BCUT2D eigenvalue weighted by Gasteiger charge is 2.15. The number of halogens is 2.